The summed E-state index contributed by atoms with van der Waals surface area (Å²) in [4.78, 5) is 20.8. The maximum absolute atomic E-state index is 10.9. The standard InChI is InChI=1S/C14H11ClN2O4/c1-9-2-3-10(7-13(9)16(18)19)6-11-4-5-12(15)14(8-11)17(20)21/h2-5,7-8H,6H2,1H3. The molecule has 2 aromatic carbocycles. The van der Waals surface area contributed by atoms with Crippen LogP contribution in [-0.2, 0) is 6.42 Å². The Labute approximate surface area is 125 Å². The van der Waals surface area contributed by atoms with Crippen molar-refractivity contribution in [3.63, 3.8) is 0 Å². The molecule has 108 valence electrons. The SMILES string of the molecule is Cc1ccc(Cc2ccc(Cl)c([N+](=O)[O-])c2)cc1[N+](=O)[O-]. The summed E-state index contributed by atoms with van der Waals surface area (Å²) >= 11 is 5.75. The van der Waals surface area contributed by atoms with Gasteiger partial charge in [0.2, 0.25) is 0 Å². The van der Waals surface area contributed by atoms with Crippen LogP contribution in [0.2, 0.25) is 5.02 Å². The summed E-state index contributed by atoms with van der Waals surface area (Å²) in [5, 5.41) is 21.8. The molecule has 21 heavy (non-hydrogen) atoms. The van der Waals surface area contributed by atoms with Crippen molar-refractivity contribution in [2.75, 3.05) is 0 Å². The molecule has 2 aromatic rings. The second-order valence-electron chi connectivity index (χ2n) is 4.60. The molecule has 2 rings (SSSR count). The van der Waals surface area contributed by atoms with Crippen molar-refractivity contribution in [2.45, 2.75) is 13.3 Å². The van der Waals surface area contributed by atoms with E-state index in [1.165, 1.54) is 18.2 Å². The average molecular weight is 307 g/mol. The molecule has 0 spiro atoms. The number of nitro benzene ring substituents is 2. The molecule has 0 saturated heterocycles. The van der Waals surface area contributed by atoms with Crippen LogP contribution < -0.4 is 0 Å². The van der Waals surface area contributed by atoms with Crippen molar-refractivity contribution in [2.24, 2.45) is 0 Å². The molecule has 0 aliphatic rings. The van der Waals surface area contributed by atoms with E-state index in [4.69, 9.17) is 11.6 Å². The fraction of sp³-hybridized carbons (Fsp3) is 0.143. The van der Waals surface area contributed by atoms with Gasteiger partial charge in [0, 0.05) is 17.7 Å². The van der Waals surface area contributed by atoms with Crippen LogP contribution in [0, 0.1) is 27.2 Å². The molecular weight excluding hydrogens is 296 g/mol. The highest BCUT2D eigenvalue weighted by Gasteiger charge is 2.14. The third-order valence-corrected chi connectivity index (χ3v) is 3.41. The summed E-state index contributed by atoms with van der Waals surface area (Å²) in [6.07, 6.45) is 0.360. The minimum absolute atomic E-state index is 0.0379. The highest BCUT2D eigenvalue weighted by Crippen LogP contribution is 2.27. The van der Waals surface area contributed by atoms with Crippen LogP contribution in [-0.4, -0.2) is 9.85 Å². The monoisotopic (exact) mass is 306 g/mol. The Bertz CT molecular complexity index is 669. The number of hydrogen-bond donors (Lipinski definition) is 0. The largest absolute Gasteiger partial charge is 0.288 e. The number of nitro groups is 2. The summed E-state index contributed by atoms with van der Waals surface area (Å²) in [5.41, 5.74) is 1.82. The first kappa shape index (κ1) is 14.9. The Morgan fingerprint density at radius 3 is 2.05 bits per heavy atom. The van der Waals surface area contributed by atoms with Crippen molar-refractivity contribution in [1.82, 2.24) is 0 Å². The minimum Gasteiger partial charge on any atom is -0.258 e. The van der Waals surface area contributed by atoms with E-state index < -0.39 is 9.85 Å². The highest BCUT2D eigenvalue weighted by atomic mass is 35.5. The van der Waals surface area contributed by atoms with Gasteiger partial charge < -0.3 is 0 Å². The molecule has 0 atom stereocenters. The molecule has 0 N–H and O–H groups in total. The van der Waals surface area contributed by atoms with Gasteiger partial charge in [0.05, 0.1) is 9.85 Å². The Kier molecular flexibility index (Phi) is 4.18. The van der Waals surface area contributed by atoms with Gasteiger partial charge in [0.25, 0.3) is 11.4 Å². The number of halogens is 1. The lowest BCUT2D eigenvalue weighted by molar-refractivity contribution is -0.385. The number of aryl methyl sites for hydroxylation is 1. The Morgan fingerprint density at radius 2 is 1.48 bits per heavy atom. The second-order valence-corrected chi connectivity index (χ2v) is 5.00. The molecule has 0 unspecified atom stereocenters. The third-order valence-electron chi connectivity index (χ3n) is 3.09. The van der Waals surface area contributed by atoms with Crippen LogP contribution in [0.1, 0.15) is 16.7 Å². The number of rotatable bonds is 4. The lowest BCUT2D eigenvalue weighted by Gasteiger charge is -2.04. The van der Waals surface area contributed by atoms with E-state index in [9.17, 15) is 20.2 Å². The Hall–Kier alpha value is -2.47. The maximum atomic E-state index is 10.9. The van der Waals surface area contributed by atoms with Gasteiger partial charge in [-0.05, 0) is 30.5 Å². The van der Waals surface area contributed by atoms with Crippen molar-refractivity contribution in [1.29, 1.82) is 0 Å². The van der Waals surface area contributed by atoms with Gasteiger partial charge in [0.1, 0.15) is 5.02 Å². The van der Waals surface area contributed by atoms with E-state index in [2.05, 4.69) is 0 Å². The third kappa shape index (κ3) is 3.35. The summed E-state index contributed by atoms with van der Waals surface area (Å²) in [5.74, 6) is 0. The van der Waals surface area contributed by atoms with Crippen LogP contribution in [0.15, 0.2) is 36.4 Å². The summed E-state index contributed by atoms with van der Waals surface area (Å²) in [6.45, 7) is 1.66. The molecule has 0 aliphatic heterocycles. The van der Waals surface area contributed by atoms with Gasteiger partial charge in [-0.15, -0.1) is 0 Å². The van der Waals surface area contributed by atoms with Gasteiger partial charge >= 0.3 is 0 Å². The molecule has 0 aromatic heterocycles. The van der Waals surface area contributed by atoms with Crippen molar-refractivity contribution in [3.05, 3.63) is 78.3 Å². The van der Waals surface area contributed by atoms with E-state index in [-0.39, 0.29) is 16.4 Å². The number of hydrogen-bond acceptors (Lipinski definition) is 4. The zero-order valence-electron chi connectivity index (χ0n) is 11.1. The smallest absolute Gasteiger partial charge is 0.258 e. The first-order chi connectivity index (χ1) is 9.88. The van der Waals surface area contributed by atoms with Crippen LogP contribution in [0.25, 0.3) is 0 Å². The summed E-state index contributed by atoms with van der Waals surface area (Å²) in [6, 6.07) is 9.42. The van der Waals surface area contributed by atoms with Gasteiger partial charge in [-0.1, -0.05) is 29.8 Å². The number of nitrogens with zero attached hydrogens (tertiary/aromatic N) is 2. The summed E-state index contributed by atoms with van der Waals surface area (Å²) in [7, 11) is 0. The lowest BCUT2D eigenvalue weighted by atomic mass is 10.0. The molecule has 0 radical (unpaired) electrons. The molecule has 0 bridgehead atoms. The highest BCUT2D eigenvalue weighted by molar-refractivity contribution is 6.32. The summed E-state index contributed by atoms with van der Waals surface area (Å²) < 4.78 is 0. The van der Waals surface area contributed by atoms with Gasteiger partial charge in [-0.2, -0.15) is 0 Å². The molecule has 0 fully saturated rings. The molecule has 0 aliphatic carbocycles. The molecule has 0 amide bonds. The van der Waals surface area contributed by atoms with E-state index >= 15 is 0 Å². The predicted molar refractivity (Wildman–Crippen MR) is 78.7 cm³/mol. The Balaban J connectivity index is 2.34. The van der Waals surface area contributed by atoms with E-state index in [0.29, 0.717) is 23.1 Å². The van der Waals surface area contributed by atoms with E-state index in [1.54, 1.807) is 25.1 Å². The first-order valence-corrected chi connectivity index (χ1v) is 6.43. The second kappa shape index (κ2) is 5.88. The van der Waals surface area contributed by atoms with Crippen LogP contribution >= 0.6 is 11.6 Å². The molecule has 0 heterocycles. The molecule has 0 saturated carbocycles. The van der Waals surface area contributed by atoms with Crippen LogP contribution in [0.3, 0.4) is 0 Å². The minimum atomic E-state index is -0.552. The zero-order valence-corrected chi connectivity index (χ0v) is 11.8. The Morgan fingerprint density at radius 1 is 0.952 bits per heavy atom. The zero-order chi connectivity index (χ0) is 15.6. The predicted octanol–water partition coefficient (Wildman–Crippen LogP) is 4.06. The fourth-order valence-electron chi connectivity index (χ4n) is 2.01. The van der Waals surface area contributed by atoms with E-state index in [0.717, 1.165) is 0 Å². The molecule has 6 nitrogen and oxygen atoms in total. The van der Waals surface area contributed by atoms with Crippen molar-refractivity contribution < 1.29 is 9.85 Å². The maximum Gasteiger partial charge on any atom is 0.288 e. The van der Waals surface area contributed by atoms with E-state index in [1.807, 2.05) is 0 Å². The first-order valence-electron chi connectivity index (χ1n) is 6.05. The van der Waals surface area contributed by atoms with Crippen LogP contribution in [0.5, 0.6) is 0 Å². The fourth-order valence-corrected chi connectivity index (χ4v) is 2.19. The quantitative estimate of drug-likeness (QED) is 0.629. The average Bonchev–Trinajstić information content (AvgIpc) is 2.42. The lowest BCUT2D eigenvalue weighted by Crippen LogP contribution is -1.96. The van der Waals surface area contributed by atoms with Gasteiger partial charge in [0.15, 0.2) is 0 Å². The molecular formula is C14H11ClN2O4. The van der Waals surface area contributed by atoms with Gasteiger partial charge in [-0.25, -0.2) is 0 Å². The van der Waals surface area contributed by atoms with Gasteiger partial charge in [-0.3, -0.25) is 20.2 Å². The van der Waals surface area contributed by atoms with Crippen molar-refractivity contribution >= 4 is 23.0 Å². The molecule has 7 heteroatoms. The topological polar surface area (TPSA) is 86.3 Å². The van der Waals surface area contributed by atoms with Crippen molar-refractivity contribution in [3.8, 4) is 0 Å². The van der Waals surface area contributed by atoms with Crippen LogP contribution in [0.4, 0.5) is 11.4 Å². The number of benzene rings is 2. The normalized spacial score (nSPS) is 10.4.